The fourth-order valence-corrected chi connectivity index (χ4v) is 5.37. The van der Waals surface area contributed by atoms with Crippen LogP contribution in [0.5, 0.6) is 5.75 Å². The van der Waals surface area contributed by atoms with Crippen LogP contribution in [-0.2, 0) is 4.79 Å². The fourth-order valence-electron chi connectivity index (χ4n) is 5.37. The van der Waals surface area contributed by atoms with Gasteiger partial charge in [0.1, 0.15) is 17.4 Å². The van der Waals surface area contributed by atoms with Gasteiger partial charge in [0.05, 0.1) is 33.5 Å². The Morgan fingerprint density at radius 2 is 1.98 bits per heavy atom. The first-order valence-electron chi connectivity index (χ1n) is 13.5. The largest absolute Gasteiger partial charge is 0.507 e. The van der Waals surface area contributed by atoms with Crippen LogP contribution in [0.25, 0.3) is 27.8 Å². The molecule has 1 aliphatic rings. The maximum absolute atomic E-state index is 14.9. The minimum atomic E-state index is -0.634. The van der Waals surface area contributed by atoms with Crippen molar-refractivity contribution in [2.75, 3.05) is 24.5 Å². The van der Waals surface area contributed by atoms with Crippen LogP contribution < -0.4 is 10.6 Å². The second kappa shape index (κ2) is 11.0. The Morgan fingerprint density at radius 3 is 2.66 bits per heavy atom. The van der Waals surface area contributed by atoms with Crippen molar-refractivity contribution < 1.29 is 14.3 Å². The van der Waals surface area contributed by atoms with Crippen molar-refractivity contribution in [3.8, 4) is 34.5 Å². The minimum absolute atomic E-state index is 0.000281. The van der Waals surface area contributed by atoms with Crippen molar-refractivity contribution in [2.24, 2.45) is 0 Å². The number of phenolic OH excluding ortho intramolecular Hbond substituents is 1. The number of pyridine rings is 2. The highest BCUT2D eigenvalue weighted by Gasteiger charge is 2.30. The van der Waals surface area contributed by atoms with Crippen LogP contribution in [0.15, 0.2) is 47.5 Å². The van der Waals surface area contributed by atoms with Crippen LogP contribution in [0.2, 0.25) is 0 Å². The molecule has 0 aliphatic carbocycles. The van der Waals surface area contributed by atoms with E-state index < -0.39 is 11.5 Å². The first kappa shape index (κ1) is 27.8. The molecule has 10 heteroatoms. The highest BCUT2D eigenvalue weighted by molar-refractivity contribution is 5.95. The smallest absolute Gasteiger partial charge is 0.354 e. The average Bonchev–Trinajstić information content (AvgIpc) is 2.93. The number of anilines is 1. The number of aromatic hydroxyl groups is 1. The number of phenols is 1. The molecule has 5 rings (SSSR count). The summed E-state index contributed by atoms with van der Waals surface area (Å²) in [5.74, 6) is 4.53. The Balaban J connectivity index is 1.77. The van der Waals surface area contributed by atoms with Crippen LogP contribution in [0, 0.1) is 24.6 Å². The Kier molecular flexibility index (Phi) is 7.45. The van der Waals surface area contributed by atoms with Gasteiger partial charge in [0, 0.05) is 38.1 Å². The predicted octanol–water partition coefficient (Wildman–Crippen LogP) is 4.18. The lowest BCUT2D eigenvalue weighted by atomic mass is 10.0. The summed E-state index contributed by atoms with van der Waals surface area (Å²) < 4.78 is 16.4. The number of hydrogen-bond donors (Lipinski definition) is 1. The monoisotopic (exact) mass is 554 g/mol. The summed E-state index contributed by atoms with van der Waals surface area (Å²) in [6, 6.07) is 7.33. The van der Waals surface area contributed by atoms with E-state index in [2.05, 4.69) is 26.8 Å². The number of amides is 1. The molecule has 0 unspecified atom stereocenters. The van der Waals surface area contributed by atoms with Gasteiger partial charge in [0.2, 0.25) is 0 Å². The maximum Gasteiger partial charge on any atom is 0.354 e. The molecule has 210 valence electrons. The highest BCUT2D eigenvalue weighted by atomic mass is 19.1. The van der Waals surface area contributed by atoms with E-state index in [0.29, 0.717) is 47.7 Å². The number of piperazine rings is 1. The molecule has 9 nitrogen and oxygen atoms in total. The second-order valence-corrected chi connectivity index (χ2v) is 10.5. The van der Waals surface area contributed by atoms with Crippen molar-refractivity contribution in [1.82, 2.24) is 24.4 Å². The van der Waals surface area contributed by atoms with E-state index in [4.69, 9.17) is 0 Å². The van der Waals surface area contributed by atoms with Gasteiger partial charge in [-0.1, -0.05) is 25.8 Å². The molecule has 3 aromatic heterocycles. The van der Waals surface area contributed by atoms with Gasteiger partial charge in [-0.15, -0.1) is 0 Å². The van der Waals surface area contributed by atoms with E-state index in [-0.39, 0.29) is 34.9 Å². The summed E-state index contributed by atoms with van der Waals surface area (Å²) in [4.78, 5) is 43.6. The topological polar surface area (TPSA) is 104 Å². The summed E-state index contributed by atoms with van der Waals surface area (Å²) in [5.41, 5.74) is 2.19. The summed E-state index contributed by atoms with van der Waals surface area (Å²) in [5, 5.41) is 11.1. The molecule has 1 aliphatic heterocycles. The molecule has 1 aromatic carbocycles. The summed E-state index contributed by atoms with van der Waals surface area (Å²) in [7, 11) is 0. The van der Waals surface area contributed by atoms with Crippen LogP contribution in [0.4, 0.5) is 10.2 Å². The zero-order valence-electron chi connectivity index (χ0n) is 23.6. The highest BCUT2D eigenvalue weighted by Crippen LogP contribution is 2.35. The number of aryl methyl sites for hydroxylation is 1. The average molecular weight is 555 g/mol. The molecule has 1 saturated heterocycles. The number of fused-ring (bicyclic) bond motifs is 1. The summed E-state index contributed by atoms with van der Waals surface area (Å²) >= 11 is 0. The first-order chi connectivity index (χ1) is 19.6. The molecule has 1 fully saturated rings. The third kappa shape index (κ3) is 4.99. The number of hydrogen-bond acceptors (Lipinski definition) is 7. The van der Waals surface area contributed by atoms with Gasteiger partial charge >= 0.3 is 5.69 Å². The number of carbonyl (C=O) groups is 1. The number of halogens is 1. The van der Waals surface area contributed by atoms with E-state index in [9.17, 15) is 19.1 Å². The van der Waals surface area contributed by atoms with Crippen LogP contribution in [0.3, 0.4) is 0 Å². The molecule has 0 saturated carbocycles. The first-order valence-corrected chi connectivity index (χ1v) is 13.5. The van der Waals surface area contributed by atoms with Crippen molar-refractivity contribution in [2.45, 2.75) is 46.6 Å². The van der Waals surface area contributed by atoms with Gasteiger partial charge in [-0.3, -0.25) is 19.3 Å². The molecular formula is C31H31FN6O3. The number of carbonyl (C=O) groups excluding carboxylic acids is 1. The lowest BCUT2D eigenvalue weighted by molar-refractivity contribution is -0.125. The predicted molar refractivity (Wildman–Crippen MR) is 156 cm³/mol. The standard InChI is InChI=1S/C31H31FN6O3/c1-6-8-26(40)36-13-14-37(20(5)17-36)30-21-16-34-23(27-22(32)9-7-10-25(27)39)15-24(21)38(31(41)35-30)29-19(4)11-12-33-28(29)18(2)3/h7,9-12,15-16,18,20,39H,13-14,17H2,1-5H3/t20-/m0/s1. The van der Waals surface area contributed by atoms with E-state index in [1.807, 2.05) is 38.7 Å². The molecule has 0 spiro atoms. The molecule has 4 heterocycles. The maximum atomic E-state index is 14.9. The zero-order valence-corrected chi connectivity index (χ0v) is 23.6. The summed E-state index contributed by atoms with van der Waals surface area (Å²) in [6.07, 6.45) is 3.27. The number of nitrogens with zero attached hydrogens (tertiary/aromatic N) is 6. The van der Waals surface area contributed by atoms with E-state index in [1.54, 1.807) is 30.3 Å². The summed E-state index contributed by atoms with van der Waals surface area (Å²) in [6.45, 7) is 10.7. The molecular weight excluding hydrogens is 523 g/mol. The van der Waals surface area contributed by atoms with Crippen molar-refractivity contribution in [3.05, 3.63) is 70.3 Å². The van der Waals surface area contributed by atoms with Crippen molar-refractivity contribution >= 4 is 22.6 Å². The molecule has 1 atom stereocenters. The quantitative estimate of drug-likeness (QED) is 0.378. The van der Waals surface area contributed by atoms with Crippen LogP contribution >= 0.6 is 0 Å². The van der Waals surface area contributed by atoms with Gasteiger partial charge < -0.3 is 14.9 Å². The van der Waals surface area contributed by atoms with Gasteiger partial charge in [-0.25, -0.2) is 9.18 Å². The normalized spacial score (nSPS) is 15.2. The number of benzene rings is 1. The van der Waals surface area contributed by atoms with Crippen LogP contribution in [0.1, 0.15) is 44.9 Å². The number of aromatic nitrogens is 4. The third-order valence-electron chi connectivity index (χ3n) is 7.35. The molecule has 1 N–H and O–H groups in total. The lowest BCUT2D eigenvalue weighted by Gasteiger charge is -2.40. The molecule has 1 amide bonds. The number of rotatable bonds is 4. The molecule has 0 radical (unpaired) electrons. The second-order valence-electron chi connectivity index (χ2n) is 10.5. The van der Waals surface area contributed by atoms with E-state index in [1.165, 1.54) is 22.8 Å². The van der Waals surface area contributed by atoms with Gasteiger partial charge in [-0.05, 0) is 62.4 Å². The molecule has 4 aromatic rings. The molecule has 0 bridgehead atoms. The minimum Gasteiger partial charge on any atom is -0.507 e. The van der Waals surface area contributed by atoms with Crippen molar-refractivity contribution in [3.63, 3.8) is 0 Å². The Hall–Kier alpha value is -4.78. The Bertz CT molecular complexity index is 1770. The Labute approximate surface area is 237 Å². The van der Waals surface area contributed by atoms with E-state index >= 15 is 0 Å². The molecule has 41 heavy (non-hydrogen) atoms. The lowest BCUT2D eigenvalue weighted by Crippen LogP contribution is -2.54. The SMILES string of the molecule is CC#CC(=O)N1CCN(c2nc(=O)n(-c3c(C)ccnc3C(C)C)c3cc(-c4c(O)cccc4F)ncc23)[C@@H](C)C1. The zero-order chi connectivity index (χ0) is 29.4. The fraction of sp³-hybridized carbons (Fsp3) is 0.323. The van der Waals surface area contributed by atoms with Crippen molar-refractivity contribution in [1.29, 1.82) is 0 Å². The van der Waals surface area contributed by atoms with Crippen LogP contribution in [-0.4, -0.2) is 61.1 Å². The van der Waals surface area contributed by atoms with Gasteiger partial charge in [-0.2, -0.15) is 4.98 Å². The van der Waals surface area contributed by atoms with Gasteiger partial charge in [0.15, 0.2) is 0 Å². The third-order valence-corrected chi connectivity index (χ3v) is 7.35. The Morgan fingerprint density at radius 1 is 1.20 bits per heavy atom. The van der Waals surface area contributed by atoms with E-state index in [0.717, 1.165) is 5.56 Å². The van der Waals surface area contributed by atoms with Gasteiger partial charge in [0.25, 0.3) is 5.91 Å².